The molecule has 0 aliphatic rings. The summed E-state index contributed by atoms with van der Waals surface area (Å²) < 4.78 is 29.4. The lowest BCUT2D eigenvalue weighted by atomic mass is 10.1. The highest BCUT2D eigenvalue weighted by molar-refractivity contribution is 7.88. The van der Waals surface area contributed by atoms with E-state index in [1.54, 1.807) is 24.5 Å². The molecule has 5 nitrogen and oxygen atoms in total. The molecule has 0 spiro atoms. The maximum absolute atomic E-state index is 10.9. The molecule has 0 unspecified atom stereocenters. The number of furan rings is 1. The van der Waals surface area contributed by atoms with Crippen molar-refractivity contribution in [3.8, 4) is 11.3 Å². The van der Waals surface area contributed by atoms with Gasteiger partial charge in [0.05, 0.1) is 18.6 Å². The van der Waals surface area contributed by atoms with Crippen molar-refractivity contribution < 1.29 is 17.9 Å². The van der Waals surface area contributed by atoms with Crippen molar-refractivity contribution in [1.29, 1.82) is 0 Å². The fourth-order valence-electron chi connectivity index (χ4n) is 1.66. The van der Waals surface area contributed by atoms with E-state index in [1.807, 2.05) is 18.2 Å². The zero-order valence-corrected chi connectivity index (χ0v) is 11.2. The van der Waals surface area contributed by atoms with E-state index in [0.29, 0.717) is 5.56 Å². The Morgan fingerprint density at radius 1 is 1.26 bits per heavy atom. The number of hydrogen-bond acceptors (Lipinski definition) is 4. The predicted molar refractivity (Wildman–Crippen MR) is 72.0 cm³/mol. The van der Waals surface area contributed by atoms with Crippen LogP contribution in [0.5, 0.6) is 0 Å². The molecule has 2 rings (SSSR count). The van der Waals surface area contributed by atoms with Gasteiger partial charge in [-0.1, -0.05) is 24.3 Å². The van der Waals surface area contributed by atoms with Crippen molar-refractivity contribution >= 4 is 10.0 Å². The van der Waals surface area contributed by atoms with Gasteiger partial charge in [-0.3, -0.25) is 0 Å². The van der Waals surface area contributed by atoms with E-state index in [1.165, 1.54) is 0 Å². The Labute approximate surface area is 111 Å². The Bertz CT molecular complexity index is 617. The molecule has 0 fully saturated rings. The van der Waals surface area contributed by atoms with Crippen molar-refractivity contribution in [2.45, 2.75) is 6.10 Å². The second-order valence-electron chi connectivity index (χ2n) is 4.24. The molecule has 2 aromatic rings. The highest BCUT2D eigenvalue weighted by atomic mass is 32.2. The SMILES string of the molecule is CS(=O)(=O)NC[C@@H](O)c1ccc(-c2ccco2)cc1. The Hall–Kier alpha value is -1.63. The zero-order valence-electron chi connectivity index (χ0n) is 10.4. The molecular weight excluding hydrogens is 266 g/mol. The molecule has 0 aliphatic heterocycles. The molecule has 0 saturated heterocycles. The highest BCUT2D eigenvalue weighted by Crippen LogP contribution is 2.22. The van der Waals surface area contributed by atoms with Crippen LogP contribution in [-0.4, -0.2) is 26.3 Å². The van der Waals surface area contributed by atoms with Crippen LogP contribution in [0.3, 0.4) is 0 Å². The fourth-order valence-corrected chi connectivity index (χ4v) is 2.12. The van der Waals surface area contributed by atoms with Crippen molar-refractivity contribution in [2.24, 2.45) is 0 Å². The van der Waals surface area contributed by atoms with E-state index >= 15 is 0 Å². The van der Waals surface area contributed by atoms with E-state index in [4.69, 9.17) is 4.42 Å². The zero-order chi connectivity index (χ0) is 13.9. The molecule has 6 heteroatoms. The summed E-state index contributed by atoms with van der Waals surface area (Å²) in [5.41, 5.74) is 1.54. The van der Waals surface area contributed by atoms with Crippen molar-refractivity contribution in [2.75, 3.05) is 12.8 Å². The van der Waals surface area contributed by atoms with Gasteiger partial charge in [-0.15, -0.1) is 0 Å². The van der Waals surface area contributed by atoms with Crippen LogP contribution in [0.2, 0.25) is 0 Å². The van der Waals surface area contributed by atoms with Crippen molar-refractivity contribution in [3.05, 3.63) is 48.2 Å². The topological polar surface area (TPSA) is 79.5 Å². The summed E-state index contributed by atoms with van der Waals surface area (Å²) in [6, 6.07) is 10.8. The number of hydrogen-bond donors (Lipinski definition) is 2. The molecule has 1 aromatic carbocycles. The minimum absolute atomic E-state index is 0.0427. The van der Waals surface area contributed by atoms with Crippen LogP contribution in [0, 0.1) is 0 Å². The highest BCUT2D eigenvalue weighted by Gasteiger charge is 2.10. The Morgan fingerprint density at radius 3 is 2.47 bits per heavy atom. The first kappa shape index (κ1) is 13.8. The first-order valence-corrected chi connectivity index (χ1v) is 7.61. The van der Waals surface area contributed by atoms with Crippen LogP contribution >= 0.6 is 0 Å². The van der Waals surface area contributed by atoms with Crippen molar-refractivity contribution in [3.63, 3.8) is 0 Å². The summed E-state index contributed by atoms with van der Waals surface area (Å²) in [5.74, 6) is 0.746. The third-order valence-corrected chi connectivity index (χ3v) is 3.33. The average molecular weight is 281 g/mol. The van der Waals surface area contributed by atoms with Gasteiger partial charge in [-0.2, -0.15) is 0 Å². The summed E-state index contributed by atoms with van der Waals surface area (Å²) in [6.45, 7) is -0.0427. The van der Waals surface area contributed by atoms with Crippen LogP contribution in [0.4, 0.5) is 0 Å². The van der Waals surface area contributed by atoms with Gasteiger partial charge in [0.25, 0.3) is 0 Å². The normalized spacial score (nSPS) is 13.4. The summed E-state index contributed by atoms with van der Waals surface area (Å²) in [6.07, 6.45) is 1.77. The monoisotopic (exact) mass is 281 g/mol. The third kappa shape index (κ3) is 3.92. The standard InChI is InChI=1S/C13H15NO4S/c1-19(16,17)14-9-12(15)10-4-6-11(7-5-10)13-3-2-8-18-13/h2-8,12,14-15H,9H2,1H3/t12-/m1/s1. The number of aliphatic hydroxyl groups is 1. The second kappa shape index (κ2) is 5.56. The van der Waals surface area contributed by atoms with E-state index in [2.05, 4.69) is 4.72 Å². The Kier molecular flexibility index (Phi) is 4.04. The van der Waals surface area contributed by atoms with Gasteiger partial charge in [0.1, 0.15) is 5.76 Å². The average Bonchev–Trinajstić information content (AvgIpc) is 2.89. The molecule has 102 valence electrons. The van der Waals surface area contributed by atoms with Crippen LogP contribution in [0.25, 0.3) is 11.3 Å². The summed E-state index contributed by atoms with van der Waals surface area (Å²) in [7, 11) is -3.30. The summed E-state index contributed by atoms with van der Waals surface area (Å²) in [4.78, 5) is 0. The fraction of sp³-hybridized carbons (Fsp3) is 0.231. The number of benzene rings is 1. The first-order chi connectivity index (χ1) is 8.96. The number of nitrogens with one attached hydrogen (secondary N) is 1. The van der Waals surface area contributed by atoms with Crippen LogP contribution in [0.15, 0.2) is 47.1 Å². The predicted octanol–water partition coefficient (Wildman–Crippen LogP) is 1.53. The summed E-state index contributed by atoms with van der Waals surface area (Å²) in [5, 5.41) is 9.85. The number of rotatable bonds is 5. The molecule has 1 atom stereocenters. The Morgan fingerprint density at radius 2 is 1.95 bits per heavy atom. The van der Waals surface area contributed by atoms with Gasteiger partial charge in [-0.05, 0) is 17.7 Å². The lowest BCUT2D eigenvalue weighted by molar-refractivity contribution is 0.182. The molecule has 19 heavy (non-hydrogen) atoms. The molecule has 1 heterocycles. The van der Waals surface area contributed by atoms with Gasteiger partial charge < -0.3 is 9.52 Å². The minimum atomic E-state index is -3.30. The molecule has 0 aliphatic carbocycles. The molecule has 2 N–H and O–H groups in total. The molecule has 0 radical (unpaired) electrons. The van der Waals surface area contributed by atoms with Gasteiger partial charge in [0.2, 0.25) is 10.0 Å². The van der Waals surface area contributed by atoms with E-state index in [-0.39, 0.29) is 6.54 Å². The maximum Gasteiger partial charge on any atom is 0.208 e. The lowest BCUT2D eigenvalue weighted by Crippen LogP contribution is -2.27. The van der Waals surface area contributed by atoms with Crippen molar-refractivity contribution in [1.82, 2.24) is 4.72 Å². The van der Waals surface area contributed by atoms with Gasteiger partial charge >= 0.3 is 0 Å². The molecule has 0 amide bonds. The van der Waals surface area contributed by atoms with Crippen LogP contribution in [-0.2, 0) is 10.0 Å². The number of sulfonamides is 1. The molecule has 0 saturated carbocycles. The van der Waals surface area contributed by atoms with Gasteiger partial charge in [0, 0.05) is 12.1 Å². The molecule has 0 bridgehead atoms. The third-order valence-electron chi connectivity index (χ3n) is 2.64. The Balaban J connectivity index is 2.06. The summed E-state index contributed by atoms with van der Waals surface area (Å²) >= 11 is 0. The number of aliphatic hydroxyl groups excluding tert-OH is 1. The van der Waals surface area contributed by atoms with Gasteiger partial charge in [0.15, 0.2) is 0 Å². The van der Waals surface area contributed by atoms with E-state index < -0.39 is 16.1 Å². The van der Waals surface area contributed by atoms with Crippen LogP contribution < -0.4 is 4.72 Å². The lowest BCUT2D eigenvalue weighted by Gasteiger charge is -2.11. The maximum atomic E-state index is 10.9. The largest absolute Gasteiger partial charge is 0.464 e. The molecular formula is C13H15NO4S. The molecule has 1 aromatic heterocycles. The smallest absolute Gasteiger partial charge is 0.208 e. The van der Waals surface area contributed by atoms with Crippen LogP contribution in [0.1, 0.15) is 11.7 Å². The van der Waals surface area contributed by atoms with E-state index in [0.717, 1.165) is 17.6 Å². The minimum Gasteiger partial charge on any atom is -0.464 e. The van der Waals surface area contributed by atoms with E-state index in [9.17, 15) is 13.5 Å². The second-order valence-corrected chi connectivity index (χ2v) is 6.07. The van der Waals surface area contributed by atoms with Gasteiger partial charge in [-0.25, -0.2) is 13.1 Å². The quantitative estimate of drug-likeness (QED) is 0.871. The first-order valence-electron chi connectivity index (χ1n) is 5.72.